The molecule has 1 N–H and O–H groups in total. The lowest BCUT2D eigenvalue weighted by atomic mass is 10.1. The second-order valence-corrected chi connectivity index (χ2v) is 10.1. The molecule has 6 nitrogen and oxygen atoms in total. The Morgan fingerprint density at radius 3 is 2.25 bits per heavy atom. The summed E-state index contributed by atoms with van der Waals surface area (Å²) in [6.07, 6.45) is 4.25. The first kappa shape index (κ1) is 17.9. The van der Waals surface area contributed by atoms with Crippen molar-refractivity contribution in [2.75, 3.05) is 30.9 Å². The zero-order valence-corrected chi connectivity index (χ0v) is 14.1. The molecular weight excluding hydrogens is 300 g/mol. The molecule has 0 aromatic carbocycles. The standard InChI is InChI=1S/C12H26N2O4S2/c1-11(2)14(10-12-6-4-5-7-13-12)20(17,18)9-8-19(3,15)16/h11-13H,4-10H2,1-3H3. The van der Waals surface area contributed by atoms with Crippen LogP contribution in [0.15, 0.2) is 0 Å². The molecule has 0 spiro atoms. The van der Waals surface area contributed by atoms with E-state index in [0.717, 1.165) is 32.1 Å². The molecule has 0 radical (unpaired) electrons. The smallest absolute Gasteiger partial charge is 0.215 e. The van der Waals surface area contributed by atoms with Gasteiger partial charge in [-0.1, -0.05) is 6.42 Å². The van der Waals surface area contributed by atoms with Crippen molar-refractivity contribution < 1.29 is 16.8 Å². The van der Waals surface area contributed by atoms with Crippen molar-refractivity contribution in [2.45, 2.75) is 45.2 Å². The van der Waals surface area contributed by atoms with Crippen LogP contribution in [0.4, 0.5) is 0 Å². The molecule has 8 heteroatoms. The van der Waals surface area contributed by atoms with E-state index in [0.29, 0.717) is 6.54 Å². The van der Waals surface area contributed by atoms with Crippen LogP contribution < -0.4 is 5.32 Å². The van der Waals surface area contributed by atoms with Crippen molar-refractivity contribution in [2.24, 2.45) is 0 Å². The molecule has 0 amide bonds. The van der Waals surface area contributed by atoms with Gasteiger partial charge in [-0.3, -0.25) is 0 Å². The second kappa shape index (κ2) is 7.20. The molecule has 1 rings (SSSR count). The van der Waals surface area contributed by atoms with E-state index in [1.54, 1.807) is 0 Å². The van der Waals surface area contributed by atoms with Gasteiger partial charge < -0.3 is 5.32 Å². The SMILES string of the molecule is CC(C)N(CC1CCCCN1)S(=O)(=O)CCS(C)(=O)=O. The van der Waals surface area contributed by atoms with Gasteiger partial charge in [0.05, 0.1) is 11.5 Å². The van der Waals surface area contributed by atoms with Gasteiger partial charge in [-0.05, 0) is 33.2 Å². The largest absolute Gasteiger partial charge is 0.313 e. The minimum absolute atomic E-state index is 0.164. The monoisotopic (exact) mass is 326 g/mol. The Morgan fingerprint density at radius 1 is 1.15 bits per heavy atom. The van der Waals surface area contributed by atoms with Crippen LogP contribution in [0.25, 0.3) is 0 Å². The maximum atomic E-state index is 12.3. The predicted molar refractivity (Wildman–Crippen MR) is 81.0 cm³/mol. The van der Waals surface area contributed by atoms with Crippen LogP contribution >= 0.6 is 0 Å². The lowest BCUT2D eigenvalue weighted by Gasteiger charge is -2.32. The minimum Gasteiger partial charge on any atom is -0.313 e. The van der Waals surface area contributed by atoms with Crippen molar-refractivity contribution in [1.29, 1.82) is 0 Å². The third-order valence-corrected chi connectivity index (χ3v) is 6.67. The molecule has 1 fully saturated rings. The zero-order valence-electron chi connectivity index (χ0n) is 12.5. The first-order valence-corrected chi connectivity index (χ1v) is 10.7. The average molecular weight is 326 g/mol. The van der Waals surface area contributed by atoms with Gasteiger partial charge in [0.1, 0.15) is 9.84 Å². The van der Waals surface area contributed by atoms with Gasteiger partial charge in [0, 0.05) is 24.9 Å². The Morgan fingerprint density at radius 2 is 1.80 bits per heavy atom. The first-order valence-electron chi connectivity index (χ1n) is 7.02. The highest BCUT2D eigenvalue weighted by Gasteiger charge is 2.29. The van der Waals surface area contributed by atoms with Crippen LogP contribution in [0, 0.1) is 0 Å². The van der Waals surface area contributed by atoms with E-state index >= 15 is 0 Å². The summed E-state index contributed by atoms with van der Waals surface area (Å²) in [6, 6.07) is 0.00226. The van der Waals surface area contributed by atoms with E-state index in [1.165, 1.54) is 4.31 Å². The van der Waals surface area contributed by atoms with Crippen molar-refractivity contribution >= 4 is 19.9 Å². The maximum Gasteiger partial charge on any atom is 0.215 e. The molecule has 20 heavy (non-hydrogen) atoms. The maximum absolute atomic E-state index is 12.3. The number of rotatable bonds is 7. The second-order valence-electron chi connectivity index (χ2n) is 5.76. The fourth-order valence-electron chi connectivity index (χ4n) is 2.32. The molecule has 0 aromatic heterocycles. The Hall–Kier alpha value is -0.180. The summed E-state index contributed by atoms with van der Waals surface area (Å²) in [5.41, 5.74) is 0. The Labute approximate surface area is 122 Å². The molecule has 1 atom stereocenters. The van der Waals surface area contributed by atoms with Gasteiger partial charge in [-0.15, -0.1) is 0 Å². The van der Waals surface area contributed by atoms with Crippen LogP contribution in [0.2, 0.25) is 0 Å². The third kappa shape index (κ3) is 6.07. The van der Waals surface area contributed by atoms with Crippen molar-refractivity contribution in [3.63, 3.8) is 0 Å². The van der Waals surface area contributed by atoms with Gasteiger partial charge in [0.15, 0.2) is 0 Å². The Bertz CT molecular complexity index is 494. The molecule has 0 aliphatic carbocycles. The third-order valence-electron chi connectivity index (χ3n) is 3.46. The first-order chi connectivity index (χ1) is 9.12. The van der Waals surface area contributed by atoms with Crippen LogP contribution in [0.5, 0.6) is 0 Å². The molecule has 1 aliphatic rings. The van der Waals surface area contributed by atoms with E-state index < -0.39 is 19.9 Å². The molecule has 1 heterocycles. The van der Waals surface area contributed by atoms with Crippen molar-refractivity contribution in [3.05, 3.63) is 0 Å². The number of hydrogen-bond acceptors (Lipinski definition) is 5. The summed E-state index contributed by atoms with van der Waals surface area (Å²) in [6.45, 7) is 4.98. The Balaban J connectivity index is 2.72. The van der Waals surface area contributed by atoms with E-state index in [2.05, 4.69) is 5.32 Å². The summed E-state index contributed by atoms with van der Waals surface area (Å²) < 4.78 is 48.4. The number of hydrogen-bond donors (Lipinski definition) is 1. The molecule has 120 valence electrons. The quantitative estimate of drug-likeness (QED) is 0.723. The molecule has 0 saturated carbocycles. The fraction of sp³-hybridized carbons (Fsp3) is 1.00. The Kier molecular flexibility index (Phi) is 6.43. The normalized spacial score (nSPS) is 21.6. The molecular formula is C12H26N2O4S2. The van der Waals surface area contributed by atoms with E-state index in [4.69, 9.17) is 0 Å². The summed E-state index contributed by atoms with van der Waals surface area (Å²) >= 11 is 0. The lowest BCUT2D eigenvalue weighted by Crippen LogP contribution is -2.49. The highest BCUT2D eigenvalue weighted by atomic mass is 32.2. The van der Waals surface area contributed by atoms with Crippen LogP contribution in [0.3, 0.4) is 0 Å². The highest BCUT2D eigenvalue weighted by Crippen LogP contribution is 2.14. The number of sulfone groups is 1. The van der Waals surface area contributed by atoms with Gasteiger partial charge >= 0.3 is 0 Å². The molecule has 1 aliphatic heterocycles. The number of nitrogens with zero attached hydrogens (tertiary/aromatic N) is 1. The summed E-state index contributed by atoms with van der Waals surface area (Å²) in [5, 5.41) is 3.32. The fourth-order valence-corrected chi connectivity index (χ4v) is 5.65. The van der Waals surface area contributed by atoms with E-state index in [9.17, 15) is 16.8 Å². The van der Waals surface area contributed by atoms with Crippen LogP contribution in [-0.2, 0) is 19.9 Å². The predicted octanol–water partition coefficient (Wildman–Crippen LogP) is 0.213. The number of sulfonamides is 1. The highest BCUT2D eigenvalue weighted by molar-refractivity contribution is 7.93. The summed E-state index contributed by atoms with van der Waals surface area (Å²) in [7, 11) is -6.81. The summed E-state index contributed by atoms with van der Waals surface area (Å²) in [4.78, 5) is 0. The molecule has 1 saturated heterocycles. The zero-order chi connectivity index (χ0) is 15.4. The van der Waals surface area contributed by atoms with Gasteiger partial charge in [-0.25, -0.2) is 16.8 Å². The molecule has 0 aromatic rings. The van der Waals surface area contributed by atoms with Crippen molar-refractivity contribution in [3.8, 4) is 0 Å². The lowest BCUT2D eigenvalue weighted by molar-refractivity contribution is 0.283. The number of piperidine rings is 1. The summed E-state index contributed by atoms with van der Waals surface area (Å²) in [5.74, 6) is -0.659. The molecule has 1 unspecified atom stereocenters. The van der Waals surface area contributed by atoms with Crippen LogP contribution in [-0.4, -0.2) is 64.1 Å². The van der Waals surface area contributed by atoms with Gasteiger partial charge in [-0.2, -0.15) is 4.31 Å². The van der Waals surface area contributed by atoms with Crippen molar-refractivity contribution in [1.82, 2.24) is 9.62 Å². The van der Waals surface area contributed by atoms with Gasteiger partial charge in [0.25, 0.3) is 0 Å². The number of nitrogens with one attached hydrogen (secondary N) is 1. The van der Waals surface area contributed by atoms with E-state index in [-0.39, 0.29) is 23.6 Å². The van der Waals surface area contributed by atoms with Gasteiger partial charge in [0.2, 0.25) is 10.0 Å². The minimum atomic E-state index is -3.54. The topological polar surface area (TPSA) is 83.6 Å². The van der Waals surface area contributed by atoms with E-state index in [1.807, 2.05) is 13.8 Å². The molecule has 0 bridgehead atoms. The average Bonchev–Trinajstić information content (AvgIpc) is 2.34. The van der Waals surface area contributed by atoms with Crippen LogP contribution in [0.1, 0.15) is 33.1 Å².